The highest BCUT2D eigenvalue weighted by molar-refractivity contribution is 6.25. The fourth-order valence-corrected chi connectivity index (χ4v) is 5.66. The van der Waals surface area contributed by atoms with Crippen LogP contribution in [0.5, 0.6) is 5.75 Å². The summed E-state index contributed by atoms with van der Waals surface area (Å²) in [5.74, 6) is -3.41. The average Bonchev–Trinajstić information content (AvgIpc) is 3.41. The molecule has 34 heavy (non-hydrogen) atoms. The number of nitrogens with one attached hydrogen (secondary N) is 2. The Kier molecular flexibility index (Phi) is 4.37. The number of aromatic hydroxyl groups is 1. The molecule has 3 heterocycles. The quantitative estimate of drug-likeness (QED) is 0.526. The van der Waals surface area contributed by atoms with Crippen LogP contribution in [0.4, 0.5) is 15.8 Å². The zero-order valence-corrected chi connectivity index (χ0v) is 17.9. The summed E-state index contributed by atoms with van der Waals surface area (Å²) in [5, 5.41) is 15.9. The van der Waals surface area contributed by atoms with Gasteiger partial charge < -0.3 is 10.4 Å². The number of hydrogen-bond acceptors (Lipinski definition) is 5. The number of phenols is 1. The number of para-hydroxylation sites is 1. The topological polar surface area (TPSA) is 98.7 Å². The van der Waals surface area contributed by atoms with Crippen molar-refractivity contribution in [1.29, 1.82) is 0 Å². The predicted molar refractivity (Wildman–Crippen MR) is 121 cm³/mol. The molecule has 6 rings (SSSR count). The van der Waals surface area contributed by atoms with E-state index in [1.54, 1.807) is 48.5 Å². The molecule has 3 aromatic rings. The van der Waals surface area contributed by atoms with Crippen molar-refractivity contribution in [2.75, 3.05) is 10.2 Å². The first-order chi connectivity index (χ1) is 16.4. The lowest BCUT2D eigenvalue weighted by Gasteiger charge is -2.29. The van der Waals surface area contributed by atoms with E-state index in [1.807, 2.05) is 0 Å². The third-order valence-electron chi connectivity index (χ3n) is 7.10. The van der Waals surface area contributed by atoms with E-state index in [9.17, 15) is 23.9 Å². The third-order valence-corrected chi connectivity index (χ3v) is 7.10. The molecule has 0 bridgehead atoms. The van der Waals surface area contributed by atoms with Gasteiger partial charge in [0.2, 0.25) is 17.7 Å². The highest BCUT2D eigenvalue weighted by atomic mass is 19.1. The molecule has 3 N–H and O–H groups in total. The maximum Gasteiger partial charge on any atom is 0.250 e. The molecule has 170 valence electrons. The number of hydrogen-bond donors (Lipinski definition) is 3. The number of benzene rings is 3. The number of carbonyl (C=O) groups is 3. The van der Waals surface area contributed by atoms with E-state index >= 15 is 0 Å². The molecule has 8 heteroatoms. The van der Waals surface area contributed by atoms with Gasteiger partial charge in [-0.25, -0.2) is 9.29 Å². The van der Waals surface area contributed by atoms with Crippen LogP contribution < -0.4 is 15.5 Å². The van der Waals surface area contributed by atoms with Gasteiger partial charge in [-0.2, -0.15) is 0 Å². The molecule has 3 aromatic carbocycles. The second kappa shape index (κ2) is 7.23. The molecule has 3 aliphatic heterocycles. The molecule has 2 fully saturated rings. The molecular formula is C26H20FN3O4. The summed E-state index contributed by atoms with van der Waals surface area (Å²) in [4.78, 5) is 42.0. The Morgan fingerprint density at radius 1 is 0.912 bits per heavy atom. The van der Waals surface area contributed by atoms with Gasteiger partial charge in [0.15, 0.2) is 0 Å². The minimum Gasteiger partial charge on any atom is -0.508 e. The van der Waals surface area contributed by atoms with Gasteiger partial charge in [-0.1, -0.05) is 30.3 Å². The molecular weight excluding hydrogens is 437 g/mol. The second-order valence-corrected chi connectivity index (χ2v) is 8.92. The molecule has 4 atom stereocenters. The summed E-state index contributed by atoms with van der Waals surface area (Å²) >= 11 is 0. The van der Waals surface area contributed by atoms with Crippen molar-refractivity contribution < 1.29 is 23.9 Å². The summed E-state index contributed by atoms with van der Waals surface area (Å²) < 4.78 is 13.5. The molecule has 2 saturated heterocycles. The van der Waals surface area contributed by atoms with Crippen LogP contribution in [-0.2, 0) is 26.3 Å². The maximum absolute atomic E-state index is 13.8. The Morgan fingerprint density at radius 3 is 2.35 bits per heavy atom. The maximum atomic E-state index is 13.8. The first-order valence-corrected chi connectivity index (χ1v) is 11.0. The Labute approximate surface area is 194 Å². The summed E-state index contributed by atoms with van der Waals surface area (Å²) in [6, 6.07) is 18.4. The van der Waals surface area contributed by atoms with Gasteiger partial charge in [-0.3, -0.25) is 19.7 Å². The fourth-order valence-electron chi connectivity index (χ4n) is 5.66. The minimum atomic E-state index is -1.40. The van der Waals surface area contributed by atoms with E-state index in [4.69, 9.17) is 0 Å². The van der Waals surface area contributed by atoms with Crippen LogP contribution in [0.3, 0.4) is 0 Å². The molecule has 7 nitrogen and oxygen atoms in total. The van der Waals surface area contributed by atoms with E-state index in [0.717, 1.165) is 10.5 Å². The lowest BCUT2D eigenvalue weighted by molar-refractivity contribution is -0.130. The number of phenolic OH excluding ortho intramolecular Hbond substituents is 1. The van der Waals surface area contributed by atoms with E-state index in [2.05, 4.69) is 10.6 Å². The summed E-state index contributed by atoms with van der Waals surface area (Å²) in [6.45, 7) is 0. The summed E-state index contributed by atoms with van der Waals surface area (Å²) in [5.41, 5.74) is 0.953. The Hall–Kier alpha value is -4.04. The molecule has 1 spiro atoms. The highest BCUT2D eigenvalue weighted by Crippen LogP contribution is 2.53. The van der Waals surface area contributed by atoms with Crippen LogP contribution in [0.25, 0.3) is 0 Å². The molecule has 0 radical (unpaired) electrons. The summed E-state index contributed by atoms with van der Waals surface area (Å²) in [6.07, 6.45) is 0.370. The van der Waals surface area contributed by atoms with E-state index in [1.165, 1.54) is 24.3 Å². The zero-order valence-electron chi connectivity index (χ0n) is 17.9. The van der Waals surface area contributed by atoms with Gasteiger partial charge in [0.1, 0.15) is 17.1 Å². The predicted octanol–water partition coefficient (Wildman–Crippen LogP) is 2.70. The van der Waals surface area contributed by atoms with Crippen molar-refractivity contribution in [2.24, 2.45) is 11.8 Å². The lowest BCUT2D eigenvalue weighted by atomic mass is 9.76. The van der Waals surface area contributed by atoms with Crippen LogP contribution in [0.1, 0.15) is 11.1 Å². The van der Waals surface area contributed by atoms with Crippen molar-refractivity contribution in [3.05, 3.63) is 89.7 Å². The zero-order chi connectivity index (χ0) is 23.6. The van der Waals surface area contributed by atoms with Crippen LogP contribution in [-0.4, -0.2) is 28.9 Å². The average molecular weight is 457 g/mol. The SMILES string of the molecule is O=C1C2C(Cc3ccc(O)cc3)NC3(C(=O)Nc4ccccc43)C2C(=O)N1c1ccc(F)cc1. The number of imide groups is 1. The van der Waals surface area contributed by atoms with Crippen LogP contribution in [0, 0.1) is 17.7 Å². The van der Waals surface area contributed by atoms with Gasteiger partial charge in [-0.05, 0) is 54.4 Å². The van der Waals surface area contributed by atoms with Crippen LogP contribution in [0.15, 0.2) is 72.8 Å². The number of carbonyl (C=O) groups excluding carboxylic acids is 3. The van der Waals surface area contributed by atoms with E-state index in [0.29, 0.717) is 17.7 Å². The van der Waals surface area contributed by atoms with Crippen molar-refractivity contribution in [2.45, 2.75) is 18.0 Å². The van der Waals surface area contributed by atoms with Gasteiger partial charge in [0.05, 0.1) is 17.5 Å². The van der Waals surface area contributed by atoms with Gasteiger partial charge >= 0.3 is 0 Å². The number of fused-ring (bicyclic) bond motifs is 4. The van der Waals surface area contributed by atoms with Crippen molar-refractivity contribution in [3.63, 3.8) is 0 Å². The first-order valence-electron chi connectivity index (χ1n) is 11.0. The van der Waals surface area contributed by atoms with Gasteiger partial charge in [0, 0.05) is 17.3 Å². The molecule has 3 amide bonds. The number of anilines is 2. The molecule has 0 saturated carbocycles. The third kappa shape index (κ3) is 2.75. The summed E-state index contributed by atoms with van der Waals surface area (Å²) in [7, 11) is 0. The van der Waals surface area contributed by atoms with Crippen molar-refractivity contribution >= 4 is 29.1 Å². The largest absolute Gasteiger partial charge is 0.508 e. The molecule has 3 aliphatic rings. The minimum absolute atomic E-state index is 0.121. The fraction of sp³-hybridized carbons (Fsp3) is 0.192. The Morgan fingerprint density at radius 2 is 1.62 bits per heavy atom. The molecule has 0 aromatic heterocycles. The lowest BCUT2D eigenvalue weighted by Crippen LogP contribution is -2.53. The number of rotatable bonds is 3. The van der Waals surface area contributed by atoms with E-state index < -0.39 is 41.0 Å². The van der Waals surface area contributed by atoms with Crippen molar-refractivity contribution in [3.8, 4) is 5.75 Å². The van der Waals surface area contributed by atoms with Gasteiger partial charge in [-0.15, -0.1) is 0 Å². The second-order valence-electron chi connectivity index (χ2n) is 8.92. The standard InChI is InChI=1S/C26H20FN3O4/c27-15-7-9-16(10-8-15)30-23(32)21-20(13-14-5-11-17(31)12-6-14)29-26(22(21)24(30)33)18-3-1-2-4-19(18)28-25(26)34/h1-12,20-22,29,31H,13H2,(H,28,34). The number of nitrogens with zero attached hydrogens (tertiary/aromatic N) is 1. The van der Waals surface area contributed by atoms with E-state index in [-0.39, 0.29) is 17.3 Å². The number of amides is 3. The molecule has 4 unspecified atom stereocenters. The van der Waals surface area contributed by atoms with Crippen LogP contribution >= 0.6 is 0 Å². The van der Waals surface area contributed by atoms with Crippen LogP contribution in [0.2, 0.25) is 0 Å². The monoisotopic (exact) mass is 457 g/mol. The number of halogens is 1. The normalized spacial score (nSPS) is 27.3. The molecule has 0 aliphatic carbocycles. The smallest absolute Gasteiger partial charge is 0.250 e. The Bertz CT molecular complexity index is 1340. The van der Waals surface area contributed by atoms with Crippen molar-refractivity contribution in [1.82, 2.24) is 5.32 Å². The highest BCUT2D eigenvalue weighted by Gasteiger charge is 2.70. The first kappa shape index (κ1) is 20.6. The Balaban J connectivity index is 1.48. The van der Waals surface area contributed by atoms with Gasteiger partial charge in [0.25, 0.3) is 0 Å².